The molecule has 0 fully saturated rings. The smallest absolute Gasteiger partial charge is 1.00 e. The van der Waals surface area contributed by atoms with Gasteiger partial charge in [-0.3, -0.25) is 0 Å². The third-order valence-corrected chi connectivity index (χ3v) is 18.8. The van der Waals surface area contributed by atoms with Crippen molar-refractivity contribution in [1.29, 1.82) is 0 Å². The van der Waals surface area contributed by atoms with E-state index in [1.54, 1.807) is 23.2 Å². The van der Waals surface area contributed by atoms with Gasteiger partial charge in [0.15, 0.2) is 0 Å². The average Bonchev–Trinajstić information content (AvgIpc) is 3.62. The zero-order valence-electron chi connectivity index (χ0n) is 32.2. The molecule has 1 unspecified atom stereocenters. The molecular weight excluding hydrogens is 727 g/mol. The molecule has 6 rings (SSSR count). The molecule has 0 bridgehead atoms. The molecule has 0 heterocycles. The van der Waals surface area contributed by atoms with Gasteiger partial charge in [0.25, 0.3) is 0 Å². The van der Waals surface area contributed by atoms with E-state index in [-0.39, 0.29) is 41.1 Å². The summed E-state index contributed by atoms with van der Waals surface area (Å²) in [6.07, 6.45) is 5.97. The molecule has 262 valence electrons. The molecule has 2 aliphatic rings. The predicted molar refractivity (Wildman–Crippen MR) is 206 cm³/mol. The van der Waals surface area contributed by atoms with Gasteiger partial charge >= 0.3 is 301 Å². The number of hydrogen-bond acceptors (Lipinski definition) is 0. The maximum Gasteiger partial charge on any atom is -1.00 e. The van der Waals surface area contributed by atoms with E-state index in [1.165, 1.54) is 38.9 Å². The minimum absolute atomic E-state index is 0. The largest absolute Gasteiger partial charge is 1.00 e. The molecule has 1 atom stereocenters. The van der Waals surface area contributed by atoms with Crippen LogP contribution in [0, 0.1) is 11.3 Å². The summed E-state index contributed by atoms with van der Waals surface area (Å²) < 4.78 is 5.11. The van der Waals surface area contributed by atoms with Gasteiger partial charge in [0.05, 0.1) is 0 Å². The fourth-order valence-electron chi connectivity index (χ4n) is 8.03. The number of benzene rings is 4. The van der Waals surface area contributed by atoms with Crippen molar-refractivity contribution in [2.24, 2.45) is 11.3 Å². The van der Waals surface area contributed by atoms with Crippen LogP contribution in [0.15, 0.2) is 111 Å². The standard InChI is InChI=1S/C21H26.C13H9.C13H21.2ClH.Zr/c1-20(2,3)18-11-7-16(8-12-18)15-17-9-13-19(14-10-17)21(4,5)6;1-3-7-12-10(5-1)9-11-6-2-4-8-13(11)12;1-6-10-8-11(7-2)12(9-10)13(3,4)5;;;/h7-14H,1-6H3;1-5,7-8H,9H2;9-10H,6-7H2,1-5H3;2*1H;/q;;;;;+2/p-2. The maximum atomic E-state index is 2.69. The van der Waals surface area contributed by atoms with Crippen LogP contribution in [0.4, 0.5) is 0 Å². The first kappa shape index (κ1) is 40.5. The Morgan fingerprint density at radius 2 is 1.14 bits per heavy atom. The van der Waals surface area contributed by atoms with Gasteiger partial charge in [0.2, 0.25) is 0 Å². The van der Waals surface area contributed by atoms with E-state index in [0.29, 0.717) is 5.92 Å². The molecule has 0 N–H and O–H groups in total. The van der Waals surface area contributed by atoms with Gasteiger partial charge < -0.3 is 24.8 Å². The molecule has 4 aromatic carbocycles. The van der Waals surface area contributed by atoms with Crippen LogP contribution in [-0.4, -0.2) is 3.21 Å². The summed E-state index contributed by atoms with van der Waals surface area (Å²) in [6.45, 7) is 26.1. The van der Waals surface area contributed by atoms with Crippen molar-refractivity contribution in [2.75, 3.05) is 0 Å². The Bertz CT molecular complexity index is 1870. The van der Waals surface area contributed by atoms with E-state index < -0.39 is 21.3 Å². The van der Waals surface area contributed by atoms with Gasteiger partial charge in [-0.25, -0.2) is 0 Å². The Balaban J connectivity index is 0.00000281. The van der Waals surface area contributed by atoms with Crippen LogP contribution in [0.25, 0.3) is 11.1 Å². The second-order valence-corrected chi connectivity index (χ2v) is 22.9. The monoisotopic (exact) mass is 780 g/mol. The fraction of sp³-hybridized carbons (Fsp3) is 0.383. The predicted octanol–water partition coefficient (Wildman–Crippen LogP) is 6.05. The number of halogens is 2. The second kappa shape index (κ2) is 15.4. The zero-order chi connectivity index (χ0) is 34.6. The Hall–Kier alpha value is -2.31. The minimum Gasteiger partial charge on any atom is -1.00 e. The third-order valence-electron chi connectivity index (χ3n) is 10.7. The van der Waals surface area contributed by atoms with E-state index in [4.69, 9.17) is 0 Å². The van der Waals surface area contributed by atoms with Crippen molar-refractivity contribution >= 4 is 6.48 Å². The molecule has 0 saturated carbocycles. The number of fused-ring (bicyclic) bond motifs is 3. The molecule has 0 spiro atoms. The molecule has 0 aromatic heterocycles. The van der Waals surface area contributed by atoms with Gasteiger partial charge in [-0.2, -0.15) is 0 Å². The first-order valence-corrected chi connectivity index (χ1v) is 21.9. The third kappa shape index (κ3) is 7.73. The molecule has 0 radical (unpaired) electrons. The van der Waals surface area contributed by atoms with E-state index in [0.717, 1.165) is 19.3 Å². The van der Waals surface area contributed by atoms with Crippen LogP contribution < -0.4 is 28.1 Å². The summed E-state index contributed by atoms with van der Waals surface area (Å²) in [6, 6.07) is 35.9. The Kier molecular flexibility index (Phi) is 12.4. The molecule has 3 heteroatoms. The van der Waals surface area contributed by atoms with Gasteiger partial charge in [0, 0.05) is 0 Å². The van der Waals surface area contributed by atoms with E-state index >= 15 is 0 Å². The summed E-state index contributed by atoms with van der Waals surface area (Å²) in [5.74, 6) is 0.487. The SMILES string of the molecule is CCC1=[C]([Zr+2](=[C](c2ccc(C(C)(C)C)cc2)c2ccc(C(C)(C)C)cc2)[c]2cccc3c2Cc2ccccc2-3)C(CC)C=C1C(C)(C)C.[Cl-].[Cl-]. The van der Waals surface area contributed by atoms with Gasteiger partial charge in [-0.05, 0) is 0 Å². The van der Waals surface area contributed by atoms with Crippen LogP contribution in [0.5, 0.6) is 0 Å². The number of hydrogen-bond donors (Lipinski definition) is 0. The Morgan fingerprint density at radius 3 is 1.62 bits per heavy atom. The second-order valence-electron chi connectivity index (χ2n) is 17.2. The summed E-state index contributed by atoms with van der Waals surface area (Å²) in [7, 11) is 0. The van der Waals surface area contributed by atoms with Crippen molar-refractivity contribution in [1.82, 2.24) is 0 Å². The minimum atomic E-state index is -2.92. The topological polar surface area (TPSA) is 0 Å². The Labute approximate surface area is 323 Å². The molecule has 0 nitrogen and oxygen atoms in total. The molecule has 4 aromatic rings. The maximum absolute atomic E-state index is 2.92. The van der Waals surface area contributed by atoms with Gasteiger partial charge in [-0.15, -0.1) is 0 Å². The summed E-state index contributed by atoms with van der Waals surface area (Å²) in [5, 5.41) is 0. The zero-order valence-corrected chi connectivity index (χ0v) is 36.2. The van der Waals surface area contributed by atoms with Crippen molar-refractivity contribution in [3.8, 4) is 11.1 Å². The summed E-state index contributed by atoms with van der Waals surface area (Å²) >= 11 is -2.92. The van der Waals surface area contributed by atoms with E-state index in [2.05, 4.69) is 173 Å². The van der Waals surface area contributed by atoms with Crippen LogP contribution >= 0.6 is 0 Å². The fourth-order valence-corrected chi connectivity index (χ4v) is 17.4. The molecule has 0 aliphatic heterocycles. The first-order chi connectivity index (χ1) is 22.6. The van der Waals surface area contributed by atoms with Crippen LogP contribution in [0.1, 0.15) is 122 Å². The van der Waals surface area contributed by atoms with Crippen molar-refractivity contribution in [3.63, 3.8) is 0 Å². The van der Waals surface area contributed by atoms with Gasteiger partial charge in [-0.1, -0.05) is 0 Å². The number of allylic oxidation sites excluding steroid dienone is 4. The van der Waals surface area contributed by atoms with Gasteiger partial charge in [0.1, 0.15) is 0 Å². The molecule has 0 saturated heterocycles. The molecule has 0 amide bonds. The summed E-state index contributed by atoms with van der Waals surface area (Å²) in [5.41, 5.74) is 15.2. The van der Waals surface area contributed by atoms with Crippen LogP contribution in [0.3, 0.4) is 0 Å². The normalized spacial score (nSPS) is 15.3. The van der Waals surface area contributed by atoms with Crippen LogP contribution in [-0.2, 0) is 38.5 Å². The number of rotatable bonds is 6. The molecular formula is C47H56Cl2Zr. The molecule has 2 aliphatic carbocycles. The van der Waals surface area contributed by atoms with Crippen molar-refractivity contribution in [2.45, 2.75) is 106 Å². The average molecular weight is 783 g/mol. The quantitative estimate of drug-likeness (QED) is 0.197. The Morgan fingerprint density at radius 1 is 0.620 bits per heavy atom. The van der Waals surface area contributed by atoms with E-state index in [9.17, 15) is 0 Å². The van der Waals surface area contributed by atoms with Crippen molar-refractivity contribution in [3.05, 3.63) is 145 Å². The molecule has 50 heavy (non-hydrogen) atoms. The first-order valence-electron chi connectivity index (χ1n) is 18.3. The summed E-state index contributed by atoms with van der Waals surface area (Å²) in [4.78, 5) is 0. The van der Waals surface area contributed by atoms with Crippen molar-refractivity contribution < 1.29 is 46.1 Å². The van der Waals surface area contributed by atoms with Crippen LogP contribution in [0.2, 0.25) is 0 Å². The van der Waals surface area contributed by atoms with E-state index in [1.807, 2.05) is 3.28 Å².